The minimum absolute atomic E-state index is 0.217. The molecule has 1 unspecified atom stereocenters. The maximum atomic E-state index is 13.3. The van der Waals surface area contributed by atoms with Crippen molar-refractivity contribution < 1.29 is 17.9 Å². The maximum Gasteiger partial charge on any atom is 0.306 e. The van der Waals surface area contributed by atoms with Crippen molar-refractivity contribution in [1.82, 2.24) is 3.97 Å². The highest BCUT2D eigenvalue weighted by Crippen LogP contribution is 2.32. The van der Waals surface area contributed by atoms with Crippen molar-refractivity contribution in [1.29, 1.82) is 0 Å². The molecule has 0 bridgehead atoms. The van der Waals surface area contributed by atoms with Gasteiger partial charge in [0.25, 0.3) is 0 Å². The second kappa shape index (κ2) is 8.19. The van der Waals surface area contributed by atoms with Crippen LogP contribution in [0.15, 0.2) is 60.8 Å². The lowest BCUT2D eigenvalue weighted by atomic mass is 10.0. The Kier molecular flexibility index (Phi) is 5.89. The normalized spacial score (nSPS) is 19.5. The minimum atomic E-state index is -3.61. The van der Waals surface area contributed by atoms with Crippen LogP contribution in [0.25, 0.3) is 17.0 Å². The van der Waals surface area contributed by atoms with Gasteiger partial charge in [-0.1, -0.05) is 48.6 Å². The van der Waals surface area contributed by atoms with E-state index in [0.29, 0.717) is 31.4 Å². The largest absolute Gasteiger partial charge is 0.466 e. The van der Waals surface area contributed by atoms with Gasteiger partial charge in [0.2, 0.25) is 10.0 Å². The zero-order valence-corrected chi connectivity index (χ0v) is 17.0. The molecule has 6 heteroatoms. The van der Waals surface area contributed by atoms with Gasteiger partial charge in [0.1, 0.15) is 4.75 Å². The molecule has 1 aromatic carbocycles. The summed E-state index contributed by atoms with van der Waals surface area (Å²) in [5, 5.41) is 0.859. The molecule has 28 heavy (non-hydrogen) atoms. The number of aromatic nitrogens is 1. The van der Waals surface area contributed by atoms with E-state index in [1.807, 2.05) is 48.6 Å². The van der Waals surface area contributed by atoms with Gasteiger partial charge in [0, 0.05) is 18.0 Å². The van der Waals surface area contributed by atoms with Crippen LogP contribution in [0.4, 0.5) is 0 Å². The van der Waals surface area contributed by atoms with E-state index in [9.17, 15) is 13.2 Å². The first-order valence-corrected chi connectivity index (χ1v) is 10.8. The van der Waals surface area contributed by atoms with Crippen molar-refractivity contribution in [2.75, 3.05) is 6.61 Å². The van der Waals surface area contributed by atoms with Gasteiger partial charge in [-0.2, -0.15) is 0 Å². The summed E-state index contributed by atoms with van der Waals surface area (Å²) >= 11 is 0. The lowest BCUT2D eigenvalue weighted by molar-refractivity contribution is -0.142. The average Bonchev–Trinajstić information content (AvgIpc) is 3.11. The van der Waals surface area contributed by atoms with E-state index < -0.39 is 14.8 Å². The van der Waals surface area contributed by atoms with Crippen LogP contribution in [-0.4, -0.2) is 29.7 Å². The predicted octanol–water partition coefficient (Wildman–Crippen LogP) is 4.45. The van der Waals surface area contributed by atoms with Crippen LogP contribution in [0.1, 0.15) is 38.7 Å². The van der Waals surface area contributed by atoms with E-state index in [1.54, 1.807) is 32.2 Å². The number of benzene rings is 1. The Labute approximate surface area is 166 Å². The number of nitrogens with zero attached hydrogens (tertiary/aromatic N) is 1. The minimum Gasteiger partial charge on any atom is -0.466 e. The van der Waals surface area contributed by atoms with E-state index in [0.717, 1.165) is 10.9 Å². The smallest absolute Gasteiger partial charge is 0.306 e. The van der Waals surface area contributed by atoms with Crippen molar-refractivity contribution in [2.45, 2.75) is 37.9 Å². The van der Waals surface area contributed by atoms with Crippen LogP contribution in [0.3, 0.4) is 0 Å². The van der Waals surface area contributed by atoms with Crippen LogP contribution >= 0.6 is 0 Å². The number of carbonyl (C=O) groups excluding carboxylic acids is 1. The molecule has 1 heterocycles. The first kappa shape index (κ1) is 20.1. The Morgan fingerprint density at radius 3 is 2.82 bits per heavy atom. The van der Waals surface area contributed by atoms with Gasteiger partial charge in [-0.15, -0.1) is 0 Å². The fraction of sp³-hybridized carbons (Fsp3) is 0.318. The Hall–Kier alpha value is -2.60. The number of carbonyl (C=O) groups is 1. The number of rotatable bonds is 7. The summed E-state index contributed by atoms with van der Waals surface area (Å²) in [7, 11) is -3.61. The van der Waals surface area contributed by atoms with Gasteiger partial charge in [0.15, 0.2) is 0 Å². The summed E-state index contributed by atoms with van der Waals surface area (Å²) in [5.74, 6) is -0.217. The third-order valence-electron chi connectivity index (χ3n) is 4.92. The van der Waals surface area contributed by atoms with Crippen molar-refractivity contribution in [3.8, 4) is 0 Å². The number of ether oxygens (including phenoxy) is 1. The van der Waals surface area contributed by atoms with Crippen LogP contribution in [-0.2, 0) is 19.6 Å². The first-order chi connectivity index (χ1) is 13.4. The number of fused-ring (bicyclic) bond motifs is 1. The van der Waals surface area contributed by atoms with Crippen molar-refractivity contribution in [3.05, 3.63) is 66.4 Å². The SMILES string of the molecule is CCOC(=O)CCC=Cc1cccc2c1ccn2S(=O)(=O)C1(C)C=CC=CC1. The molecule has 0 aliphatic heterocycles. The zero-order chi connectivity index (χ0) is 20.2. The molecule has 2 aromatic rings. The van der Waals surface area contributed by atoms with Crippen LogP contribution in [0.2, 0.25) is 0 Å². The molecular formula is C22H25NO4S. The molecule has 0 saturated carbocycles. The van der Waals surface area contributed by atoms with Crippen molar-refractivity contribution >= 4 is 33.0 Å². The summed E-state index contributed by atoms with van der Waals surface area (Å²) in [6.07, 6.45) is 14.1. The molecule has 0 radical (unpaired) electrons. The third kappa shape index (κ3) is 3.83. The van der Waals surface area contributed by atoms with E-state index >= 15 is 0 Å². The zero-order valence-electron chi connectivity index (χ0n) is 16.2. The second-order valence-corrected chi connectivity index (χ2v) is 9.22. The van der Waals surface area contributed by atoms with Gasteiger partial charge < -0.3 is 4.74 Å². The van der Waals surface area contributed by atoms with E-state index in [2.05, 4.69) is 0 Å². The lowest BCUT2D eigenvalue weighted by Crippen LogP contribution is -2.37. The average molecular weight is 400 g/mol. The molecule has 0 spiro atoms. The molecule has 5 nitrogen and oxygen atoms in total. The standard InChI is InChI=1S/C22H25NO4S/c1-3-27-21(24)13-6-5-10-18-11-9-12-20-19(18)14-17-23(20)28(25,26)22(2)15-7-4-8-16-22/h4-5,7-12,14-15,17H,3,6,13,16H2,1-2H3. The summed E-state index contributed by atoms with van der Waals surface area (Å²) in [5.41, 5.74) is 1.57. The molecule has 0 fully saturated rings. The molecule has 0 amide bonds. The van der Waals surface area contributed by atoms with Crippen LogP contribution in [0.5, 0.6) is 0 Å². The fourth-order valence-corrected chi connectivity index (χ4v) is 4.94. The third-order valence-corrected chi connectivity index (χ3v) is 7.23. The molecule has 1 atom stereocenters. The van der Waals surface area contributed by atoms with Gasteiger partial charge in [-0.25, -0.2) is 12.4 Å². The van der Waals surface area contributed by atoms with Crippen LogP contribution in [0, 0.1) is 0 Å². The summed E-state index contributed by atoms with van der Waals surface area (Å²) < 4.78 is 31.9. The van der Waals surface area contributed by atoms with E-state index in [-0.39, 0.29) is 5.97 Å². The Morgan fingerprint density at radius 1 is 1.29 bits per heavy atom. The fourth-order valence-electron chi connectivity index (χ4n) is 3.29. The quantitative estimate of drug-likeness (QED) is 0.645. The molecule has 1 aliphatic carbocycles. The summed E-state index contributed by atoms with van der Waals surface area (Å²) in [6, 6.07) is 7.42. The summed E-state index contributed by atoms with van der Waals surface area (Å²) in [6.45, 7) is 3.91. The van der Waals surface area contributed by atoms with E-state index in [1.165, 1.54) is 3.97 Å². The molecule has 0 N–H and O–H groups in total. The monoisotopic (exact) mass is 399 g/mol. The molecule has 0 saturated heterocycles. The number of esters is 1. The Bertz CT molecular complexity index is 1060. The van der Waals surface area contributed by atoms with E-state index in [4.69, 9.17) is 4.74 Å². The lowest BCUT2D eigenvalue weighted by Gasteiger charge is -2.27. The maximum absolute atomic E-state index is 13.3. The molecular weight excluding hydrogens is 374 g/mol. The van der Waals surface area contributed by atoms with Crippen molar-refractivity contribution in [3.63, 3.8) is 0 Å². The first-order valence-electron chi connectivity index (χ1n) is 9.41. The topological polar surface area (TPSA) is 65.4 Å². The highest BCUT2D eigenvalue weighted by atomic mass is 32.2. The van der Waals surface area contributed by atoms with Gasteiger partial charge in [-0.3, -0.25) is 4.79 Å². The van der Waals surface area contributed by atoms with Gasteiger partial charge >= 0.3 is 5.97 Å². The van der Waals surface area contributed by atoms with Gasteiger partial charge in [0.05, 0.1) is 12.1 Å². The number of hydrogen-bond acceptors (Lipinski definition) is 4. The molecule has 1 aliphatic rings. The molecule has 3 rings (SSSR count). The number of allylic oxidation sites excluding steroid dienone is 4. The Morgan fingerprint density at radius 2 is 2.11 bits per heavy atom. The van der Waals surface area contributed by atoms with Crippen molar-refractivity contribution in [2.24, 2.45) is 0 Å². The number of hydrogen-bond donors (Lipinski definition) is 0. The van der Waals surface area contributed by atoms with Gasteiger partial charge in [-0.05, 0) is 44.4 Å². The Balaban J connectivity index is 1.88. The molecule has 148 valence electrons. The highest BCUT2D eigenvalue weighted by Gasteiger charge is 2.38. The second-order valence-electron chi connectivity index (χ2n) is 6.95. The molecule has 1 aromatic heterocycles. The summed E-state index contributed by atoms with van der Waals surface area (Å²) in [4.78, 5) is 11.4. The predicted molar refractivity (Wildman–Crippen MR) is 112 cm³/mol. The highest BCUT2D eigenvalue weighted by molar-refractivity contribution is 7.91. The van der Waals surface area contributed by atoms with Crippen LogP contribution < -0.4 is 0 Å².